The molecule has 0 spiro atoms. The number of methoxy groups -OCH3 is 1. The molecule has 1 N–H and O–H groups in total. The molecule has 0 atom stereocenters. The lowest BCUT2D eigenvalue weighted by Gasteiger charge is -2.25. The molecule has 0 fully saturated rings. The first-order valence-corrected chi connectivity index (χ1v) is 6.61. The van der Waals surface area contributed by atoms with E-state index in [4.69, 9.17) is 17.0 Å². The van der Waals surface area contributed by atoms with Gasteiger partial charge in [0.2, 0.25) is 0 Å². The second-order valence-corrected chi connectivity index (χ2v) is 5.83. The van der Waals surface area contributed by atoms with Gasteiger partial charge in [0.05, 0.1) is 11.0 Å². The van der Waals surface area contributed by atoms with Gasteiger partial charge in [-0.2, -0.15) is 0 Å². The molecule has 4 heteroatoms. The highest BCUT2D eigenvalue weighted by Crippen LogP contribution is 2.25. The van der Waals surface area contributed by atoms with Gasteiger partial charge in [-0.1, -0.05) is 26.0 Å². The topological polar surface area (TPSA) is 29.9 Å². The van der Waals surface area contributed by atoms with Crippen LogP contribution in [0.1, 0.15) is 20.3 Å². The number of para-hydroxylation sites is 2. The Morgan fingerprint density at radius 3 is 2.78 bits per heavy atom. The average Bonchev–Trinajstić information content (AvgIpc) is 2.63. The Balaban J connectivity index is 2.31. The summed E-state index contributed by atoms with van der Waals surface area (Å²) in [5.74, 6) is 0. The molecule has 0 bridgehead atoms. The highest BCUT2D eigenvalue weighted by molar-refractivity contribution is 7.71. The van der Waals surface area contributed by atoms with Crippen LogP contribution < -0.4 is 0 Å². The van der Waals surface area contributed by atoms with Crippen molar-refractivity contribution in [2.24, 2.45) is 5.41 Å². The fourth-order valence-electron chi connectivity index (χ4n) is 2.15. The molecule has 98 valence electrons. The van der Waals surface area contributed by atoms with Crippen LogP contribution >= 0.6 is 12.2 Å². The molecular formula is C14H20N2OS. The summed E-state index contributed by atoms with van der Waals surface area (Å²) in [6.45, 7) is 6.17. The summed E-state index contributed by atoms with van der Waals surface area (Å²) in [5, 5.41) is 0. The minimum atomic E-state index is 0.166. The second-order valence-electron chi connectivity index (χ2n) is 5.44. The monoisotopic (exact) mass is 264 g/mol. The largest absolute Gasteiger partial charge is 0.385 e. The summed E-state index contributed by atoms with van der Waals surface area (Å²) in [6.07, 6.45) is 1.02. The fourth-order valence-corrected chi connectivity index (χ4v) is 2.42. The van der Waals surface area contributed by atoms with E-state index in [0.717, 1.165) is 29.9 Å². The number of aromatic amines is 1. The summed E-state index contributed by atoms with van der Waals surface area (Å²) in [7, 11) is 1.74. The van der Waals surface area contributed by atoms with Crippen LogP contribution in [-0.4, -0.2) is 23.3 Å². The normalized spacial score (nSPS) is 12.2. The number of hydrogen-bond acceptors (Lipinski definition) is 2. The van der Waals surface area contributed by atoms with Crippen LogP contribution in [0.2, 0.25) is 0 Å². The second kappa shape index (κ2) is 5.24. The Morgan fingerprint density at radius 1 is 1.33 bits per heavy atom. The number of rotatable bonds is 5. The number of hydrogen-bond donors (Lipinski definition) is 1. The maximum absolute atomic E-state index is 5.41. The smallest absolute Gasteiger partial charge is 0.178 e. The van der Waals surface area contributed by atoms with E-state index < -0.39 is 0 Å². The zero-order valence-corrected chi connectivity index (χ0v) is 12.0. The molecule has 0 amide bonds. The predicted molar refractivity (Wildman–Crippen MR) is 77.4 cm³/mol. The molecule has 3 nitrogen and oxygen atoms in total. The Kier molecular flexibility index (Phi) is 3.88. The van der Waals surface area contributed by atoms with Crippen molar-refractivity contribution in [1.29, 1.82) is 0 Å². The third kappa shape index (κ3) is 2.82. The number of imidazole rings is 1. The van der Waals surface area contributed by atoms with Crippen LogP contribution in [-0.2, 0) is 11.3 Å². The van der Waals surface area contributed by atoms with E-state index in [-0.39, 0.29) is 5.41 Å². The lowest BCUT2D eigenvalue weighted by Crippen LogP contribution is -2.21. The summed E-state index contributed by atoms with van der Waals surface area (Å²) >= 11 is 5.41. The van der Waals surface area contributed by atoms with E-state index >= 15 is 0 Å². The van der Waals surface area contributed by atoms with Crippen LogP contribution in [0.15, 0.2) is 24.3 Å². The Labute approximate surface area is 113 Å². The van der Waals surface area contributed by atoms with Gasteiger partial charge < -0.3 is 14.3 Å². The van der Waals surface area contributed by atoms with Crippen molar-refractivity contribution >= 4 is 23.3 Å². The van der Waals surface area contributed by atoms with Crippen molar-refractivity contribution in [2.45, 2.75) is 26.8 Å². The third-order valence-corrected chi connectivity index (χ3v) is 3.57. The van der Waals surface area contributed by atoms with Crippen LogP contribution in [0.4, 0.5) is 0 Å². The average molecular weight is 264 g/mol. The third-order valence-electron chi connectivity index (χ3n) is 3.25. The summed E-state index contributed by atoms with van der Waals surface area (Å²) < 4.78 is 8.15. The minimum absolute atomic E-state index is 0.166. The number of nitrogens with one attached hydrogen (secondary N) is 1. The highest BCUT2D eigenvalue weighted by Gasteiger charge is 2.19. The van der Waals surface area contributed by atoms with Crippen molar-refractivity contribution in [1.82, 2.24) is 9.55 Å². The van der Waals surface area contributed by atoms with Gasteiger partial charge in [0.25, 0.3) is 0 Å². The van der Waals surface area contributed by atoms with E-state index in [0.29, 0.717) is 0 Å². The van der Waals surface area contributed by atoms with Crippen molar-refractivity contribution in [3.8, 4) is 0 Å². The zero-order chi connectivity index (χ0) is 13.2. The van der Waals surface area contributed by atoms with Gasteiger partial charge in [0.1, 0.15) is 0 Å². The summed E-state index contributed by atoms with van der Waals surface area (Å²) in [6, 6.07) is 8.23. The van der Waals surface area contributed by atoms with Gasteiger partial charge in [-0.05, 0) is 36.2 Å². The molecule has 0 saturated heterocycles. The number of ether oxygens (including phenoxy) is 1. The first-order chi connectivity index (χ1) is 8.53. The molecule has 0 aliphatic rings. The van der Waals surface area contributed by atoms with Crippen LogP contribution in [0, 0.1) is 10.2 Å². The molecule has 0 saturated carbocycles. The minimum Gasteiger partial charge on any atom is -0.385 e. The van der Waals surface area contributed by atoms with Crippen molar-refractivity contribution < 1.29 is 4.74 Å². The first kappa shape index (κ1) is 13.3. The van der Waals surface area contributed by atoms with E-state index in [1.54, 1.807) is 7.11 Å². The summed E-state index contributed by atoms with van der Waals surface area (Å²) in [5.41, 5.74) is 2.44. The number of aromatic nitrogens is 2. The Bertz CT molecular complexity index is 583. The molecular weight excluding hydrogens is 244 g/mol. The first-order valence-electron chi connectivity index (χ1n) is 6.20. The molecule has 1 heterocycles. The van der Waals surface area contributed by atoms with Gasteiger partial charge >= 0.3 is 0 Å². The molecule has 0 radical (unpaired) electrons. The Morgan fingerprint density at radius 2 is 2.06 bits per heavy atom. The molecule has 18 heavy (non-hydrogen) atoms. The van der Waals surface area contributed by atoms with E-state index in [2.05, 4.69) is 35.5 Å². The number of nitrogens with zero attached hydrogens (tertiary/aromatic N) is 1. The standard InChI is InChI=1S/C14H20N2OS/c1-14(2,8-9-17-3)10-16-12-7-5-4-6-11(12)15-13(16)18/h4-7H,8-10H2,1-3H3,(H,15,18). The summed E-state index contributed by atoms with van der Waals surface area (Å²) in [4.78, 5) is 3.25. The fraction of sp³-hybridized carbons (Fsp3) is 0.500. The van der Waals surface area contributed by atoms with Crippen LogP contribution in [0.25, 0.3) is 11.0 Å². The van der Waals surface area contributed by atoms with Crippen molar-refractivity contribution in [2.75, 3.05) is 13.7 Å². The zero-order valence-electron chi connectivity index (χ0n) is 11.2. The van der Waals surface area contributed by atoms with Gasteiger partial charge in [-0.15, -0.1) is 0 Å². The number of fused-ring (bicyclic) bond motifs is 1. The molecule has 1 aromatic heterocycles. The molecule has 2 rings (SSSR count). The quantitative estimate of drug-likeness (QED) is 0.833. The molecule has 2 aromatic rings. The van der Waals surface area contributed by atoms with Crippen molar-refractivity contribution in [3.63, 3.8) is 0 Å². The molecule has 0 aliphatic heterocycles. The van der Waals surface area contributed by atoms with E-state index in [1.807, 2.05) is 12.1 Å². The van der Waals surface area contributed by atoms with E-state index in [1.165, 1.54) is 5.52 Å². The predicted octanol–water partition coefficient (Wildman–Crippen LogP) is 3.76. The lowest BCUT2D eigenvalue weighted by molar-refractivity contribution is 0.143. The van der Waals surface area contributed by atoms with E-state index in [9.17, 15) is 0 Å². The van der Waals surface area contributed by atoms with Crippen LogP contribution in [0.3, 0.4) is 0 Å². The highest BCUT2D eigenvalue weighted by atomic mass is 32.1. The van der Waals surface area contributed by atoms with Crippen molar-refractivity contribution in [3.05, 3.63) is 29.0 Å². The SMILES string of the molecule is COCCC(C)(C)Cn1c(=S)[nH]c2ccccc21. The molecule has 0 unspecified atom stereocenters. The van der Waals surface area contributed by atoms with Gasteiger partial charge in [0.15, 0.2) is 4.77 Å². The van der Waals surface area contributed by atoms with Crippen LogP contribution in [0.5, 0.6) is 0 Å². The molecule has 1 aromatic carbocycles. The maximum atomic E-state index is 5.41. The van der Waals surface area contributed by atoms with Gasteiger partial charge in [-0.25, -0.2) is 0 Å². The molecule has 0 aliphatic carbocycles. The Hall–Kier alpha value is -1.13. The maximum Gasteiger partial charge on any atom is 0.178 e. The van der Waals surface area contributed by atoms with Gasteiger partial charge in [0, 0.05) is 20.3 Å². The lowest BCUT2D eigenvalue weighted by atomic mass is 9.89. The number of H-pyrrole nitrogens is 1. The number of benzene rings is 1. The van der Waals surface area contributed by atoms with Gasteiger partial charge in [-0.3, -0.25) is 0 Å².